The third-order valence-electron chi connectivity index (χ3n) is 1.69. The number of isothiocyanates is 1. The number of allylic oxidation sites excluding steroid dienone is 3. The standard InChI is InChI=1S/C11H17NS/c1-10(2)5-4-6-11(3)7-8-12-9-13/h5,7H,4,6,8H2,1-3H3/b11-7+. The van der Waals surface area contributed by atoms with Crippen LogP contribution in [-0.2, 0) is 0 Å². The lowest BCUT2D eigenvalue weighted by Gasteiger charge is -1.96. The Morgan fingerprint density at radius 3 is 2.54 bits per heavy atom. The number of nitrogens with zero attached hydrogens (tertiary/aromatic N) is 1. The Morgan fingerprint density at radius 2 is 2.00 bits per heavy atom. The molecule has 0 aromatic heterocycles. The molecule has 0 aliphatic carbocycles. The van der Waals surface area contributed by atoms with E-state index in [1.807, 2.05) is 0 Å². The Bertz CT molecular complexity index is 241. The van der Waals surface area contributed by atoms with Crippen LogP contribution >= 0.6 is 12.2 Å². The van der Waals surface area contributed by atoms with Gasteiger partial charge in [-0.05, 0) is 45.8 Å². The van der Waals surface area contributed by atoms with E-state index in [2.05, 4.69) is 55.3 Å². The van der Waals surface area contributed by atoms with Crippen LogP contribution in [0.4, 0.5) is 0 Å². The normalized spacial score (nSPS) is 10.5. The summed E-state index contributed by atoms with van der Waals surface area (Å²) in [7, 11) is 0. The van der Waals surface area contributed by atoms with E-state index in [-0.39, 0.29) is 0 Å². The van der Waals surface area contributed by atoms with Gasteiger partial charge < -0.3 is 0 Å². The van der Waals surface area contributed by atoms with Gasteiger partial charge in [0.1, 0.15) is 0 Å². The van der Waals surface area contributed by atoms with Crippen molar-refractivity contribution < 1.29 is 0 Å². The molecule has 0 aliphatic rings. The summed E-state index contributed by atoms with van der Waals surface area (Å²) in [6.45, 7) is 7.03. The van der Waals surface area contributed by atoms with E-state index in [0.717, 1.165) is 12.8 Å². The maximum Gasteiger partial charge on any atom is 0.0676 e. The van der Waals surface area contributed by atoms with Crippen molar-refractivity contribution in [2.45, 2.75) is 33.6 Å². The second-order valence-corrected chi connectivity index (χ2v) is 3.49. The molecule has 0 spiro atoms. The number of aliphatic imine (C=N–C) groups is 1. The molecule has 2 heteroatoms. The smallest absolute Gasteiger partial charge is 0.0676 e. The lowest BCUT2D eigenvalue weighted by atomic mass is 10.1. The molecule has 0 fully saturated rings. The van der Waals surface area contributed by atoms with Crippen molar-refractivity contribution in [3.8, 4) is 0 Å². The zero-order chi connectivity index (χ0) is 10.1. The van der Waals surface area contributed by atoms with Gasteiger partial charge in [0.05, 0.1) is 11.7 Å². The van der Waals surface area contributed by atoms with Crippen LogP contribution in [-0.4, -0.2) is 11.7 Å². The fourth-order valence-electron chi connectivity index (χ4n) is 0.929. The van der Waals surface area contributed by atoms with E-state index in [4.69, 9.17) is 0 Å². The van der Waals surface area contributed by atoms with Gasteiger partial charge in [-0.25, -0.2) is 4.99 Å². The van der Waals surface area contributed by atoms with Crippen LogP contribution in [0.15, 0.2) is 28.3 Å². The van der Waals surface area contributed by atoms with Gasteiger partial charge in [-0.15, -0.1) is 0 Å². The van der Waals surface area contributed by atoms with E-state index in [9.17, 15) is 0 Å². The quantitative estimate of drug-likeness (QED) is 0.369. The monoisotopic (exact) mass is 195 g/mol. The lowest BCUT2D eigenvalue weighted by molar-refractivity contribution is 0.957. The number of hydrogen-bond acceptors (Lipinski definition) is 2. The van der Waals surface area contributed by atoms with Crippen LogP contribution in [0.5, 0.6) is 0 Å². The van der Waals surface area contributed by atoms with Crippen LogP contribution in [0.2, 0.25) is 0 Å². The zero-order valence-corrected chi connectivity index (χ0v) is 9.45. The van der Waals surface area contributed by atoms with Crippen LogP contribution < -0.4 is 0 Å². The average Bonchev–Trinajstić information content (AvgIpc) is 2.04. The summed E-state index contributed by atoms with van der Waals surface area (Å²) in [6.07, 6.45) is 6.57. The molecule has 0 N–H and O–H groups in total. The predicted octanol–water partition coefficient (Wildman–Crippen LogP) is 3.78. The summed E-state index contributed by atoms with van der Waals surface area (Å²) in [5.41, 5.74) is 2.75. The van der Waals surface area contributed by atoms with Crippen LogP contribution in [0.1, 0.15) is 33.6 Å². The Kier molecular flexibility index (Phi) is 7.47. The molecule has 13 heavy (non-hydrogen) atoms. The first-order valence-electron chi connectivity index (χ1n) is 4.49. The molecule has 0 aliphatic heterocycles. The Morgan fingerprint density at radius 1 is 1.31 bits per heavy atom. The van der Waals surface area contributed by atoms with Gasteiger partial charge in [0.15, 0.2) is 0 Å². The van der Waals surface area contributed by atoms with E-state index < -0.39 is 0 Å². The topological polar surface area (TPSA) is 12.4 Å². The summed E-state index contributed by atoms with van der Waals surface area (Å²) in [5.74, 6) is 0. The summed E-state index contributed by atoms with van der Waals surface area (Å²) in [5, 5.41) is 2.35. The number of hydrogen-bond donors (Lipinski definition) is 0. The minimum Gasteiger partial charge on any atom is -0.228 e. The van der Waals surface area contributed by atoms with Crippen molar-refractivity contribution in [2.24, 2.45) is 4.99 Å². The number of rotatable bonds is 5. The van der Waals surface area contributed by atoms with Crippen LogP contribution in [0.25, 0.3) is 0 Å². The van der Waals surface area contributed by atoms with Crippen molar-refractivity contribution in [1.82, 2.24) is 0 Å². The molecule has 0 amide bonds. The number of thiocarbonyl (C=S) groups is 1. The fourth-order valence-corrected chi connectivity index (χ4v) is 1.00. The lowest BCUT2D eigenvalue weighted by Crippen LogP contribution is -1.79. The van der Waals surface area contributed by atoms with Gasteiger partial charge in [0.25, 0.3) is 0 Å². The molecule has 0 bridgehead atoms. The highest BCUT2D eigenvalue weighted by Crippen LogP contribution is 2.05. The molecule has 72 valence electrons. The molecule has 1 nitrogen and oxygen atoms in total. The first kappa shape index (κ1) is 12.3. The predicted molar refractivity (Wildman–Crippen MR) is 62.3 cm³/mol. The Balaban J connectivity index is 3.73. The Hall–Kier alpha value is -0.720. The molecule has 0 unspecified atom stereocenters. The molecule has 0 atom stereocenters. The summed E-state index contributed by atoms with van der Waals surface area (Å²) in [4.78, 5) is 3.83. The molecule has 0 radical (unpaired) electrons. The van der Waals surface area contributed by atoms with Gasteiger partial charge in [0, 0.05) is 0 Å². The molecule has 0 heterocycles. The molecule has 0 rings (SSSR count). The van der Waals surface area contributed by atoms with E-state index in [1.165, 1.54) is 11.1 Å². The summed E-state index contributed by atoms with van der Waals surface area (Å²) in [6, 6.07) is 0. The molecular weight excluding hydrogens is 178 g/mol. The summed E-state index contributed by atoms with van der Waals surface area (Å²) >= 11 is 4.47. The first-order chi connectivity index (χ1) is 6.16. The maximum atomic E-state index is 4.47. The van der Waals surface area contributed by atoms with Crippen molar-refractivity contribution in [3.05, 3.63) is 23.3 Å². The van der Waals surface area contributed by atoms with Gasteiger partial charge in [0.2, 0.25) is 0 Å². The van der Waals surface area contributed by atoms with Gasteiger partial charge in [-0.3, -0.25) is 0 Å². The van der Waals surface area contributed by atoms with Crippen LogP contribution in [0, 0.1) is 0 Å². The third kappa shape index (κ3) is 9.19. The van der Waals surface area contributed by atoms with E-state index >= 15 is 0 Å². The second kappa shape index (κ2) is 7.90. The molecular formula is C11H17NS. The molecule has 0 saturated carbocycles. The molecule has 0 saturated heterocycles. The van der Waals surface area contributed by atoms with Gasteiger partial charge in [-0.1, -0.05) is 23.3 Å². The van der Waals surface area contributed by atoms with E-state index in [0.29, 0.717) is 6.54 Å². The molecule has 0 aromatic carbocycles. The van der Waals surface area contributed by atoms with Gasteiger partial charge >= 0.3 is 0 Å². The third-order valence-corrected chi connectivity index (χ3v) is 1.82. The largest absolute Gasteiger partial charge is 0.228 e. The zero-order valence-electron chi connectivity index (χ0n) is 8.63. The average molecular weight is 195 g/mol. The Labute approximate surface area is 86.3 Å². The maximum absolute atomic E-state index is 4.47. The SMILES string of the molecule is CC(C)=CCC/C(C)=C/CN=C=S. The summed E-state index contributed by atoms with van der Waals surface area (Å²) < 4.78 is 0. The highest BCUT2D eigenvalue weighted by atomic mass is 32.1. The van der Waals surface area contributed by atoms with Crippen molar-refractivity contribution >= 4 is 17.4 Å². The highest BCUT2D eigenvalue weighted by molar-refractivity contribution is 7.78. The second-order valence-electron chi connectivity index (χ2n) is 3.30. The van der Waals surface area contributed by atoms with Crippen LogP contribution in [0.3, 0.4) is 0 Å². The minimum absolute atomic E-state index is 0.671. The first-order valence-corrected chi connectivity index (χ1v) is 4.90. The van der Waals surface area contributed by atoms with Crippen molar-refractivity contribution in [1.29, 1.82) is 0 Å². The highest BCUT2D eigenvalue weighted by Gasteiger charge is 1.87. The van der Waals surface area contributed by atoms with Crippen molar-refractivity contribution in [3.63, 3.8) is 0 Å². The fraction of sp³-hybridized carbons (Fsp3) is 0.545. The van der Waals surface area contributed by atoms with Gasteiger partial charge in [-0.2, -0.15) is 0 Å². The molecule has 0 aromatic rings. The van der Waals surface area contributed by atoms with Crippen molar-refractivity contribution in [2.75, 3.05) is 6.54 Å². The van der Waals surface area contributed by atoms with E-state index in [1.54, 1.807) is 0 Å². The minimum atomic E-state index is 0.671.